The van der Waals surface area contributed by atoms with Gasteiger partial charge in [-0.1, -0.05) is 0 Å². The Morgan fingerprint density at radius 3 is 2.54 bits per heavy atom. The molecule has 1 aromatic carbocycles. The van der Waals surface area contributed by atoms with Crippen molar-refractivity contribution in [1.29, 1.82) is 0 Å². The zero-order valence-electron chi connectivity index (χ0n) is 19.7. The Hall–Kier alpha value is -3.95. The van der Waals surface area contributed by atoms with Crippen LogP contribution in [0.1, 0.15) is 5.69 Å². The molecule has 12 nitrogen and oxygen atoms in total. The summed E-state index contributed by atoms with van der Waals surface area (Å²) in [6.45, 7) is 0.252. The van der Waals surface area contributed by atoms with Crippen molar-refractivity contribution in [2.24, 2.45) is 0 Å². The Morgan fingerprint density at radius 1 is 1.19 bits per heavy atom. The summed E-state index contributed by atoms with van der Waals surface area (Å²) in [5.41, 5.74) is 0.0327. The third-order valence-corrected chi connectivity index (χ3v) is 5.98. The number of anilines is 2. The van der Waals surface area contributed by atoms with E-state index in [1.54, 1.807) is 12.1 Å². The molecular formula is C21H24F4N8O4. The summed E-state index contributed by atoms with van der Waals surface area (Å²) >= 11 is 0. The number of nitrogens with zero attached hydrogens (tertiary/aromatic N) is 6. The highest BCUT2D eigenvalue weighted by Crippen LogP contribution is 2.31. The molecule has 4 rings (SSSR count). The van der Waals surface area contributed by atoms with Crippen LogP contribution in [-0.2, 0) is 20.7 Å². The number of carbonyl (C=O) groups excluding carboxylic acids is 3. The van der Waals surface area contributed by atoms with E-state index in [2.05, 4.69) is 15.4 Å². The van der Waals surface area contributed by atoms with Gasteiger partial charge in [-0.2, -0.15) is 24.2 Å². The number of likely N-dealkylation sites (N-methyl/N-ethyl adjacent to an activating group) is 1. The van der Waals surface area contributed by atoms with Crippen molar-refractivity contribution < 1.29 is 36.7 Å². The maximum atomic E-state index is 15.1. The highest BCUT2D eigenvalue weighted by molar-refractivity contribution is 5.90. The Morgan fingerprint density at radius 2 is 1.89 bits per heavy atom. The number of aromatic nitrogens is 3. The van der Waals surface area contributed by atoms with Crippen LogP contribution in [0.3, 0.4) is 0 Å². The summed E-state index contributed by atoms with van der Waals surface area (Å²) in [5, 5.41) is 15.0. The second-order valence-corrected chi connectivity index (χ2v) is 8.44. The molecule has 3 amide bonds. The molecule has 16 heteroatoms. The SMILES string of the molecule is CN1CCN(c2c(F)cc(N3C[C@H](CNC(=O)C(F)F)OC3=O)cc2F)CCN1C(=O)Cc1cn[nH]n1. The van der Waals surface area contributed by atoms with Gasteiger partial charge in [0, 0.05) is 38.8 Å². The van der Waals surface area contributed by atoms with E-state index in [-0.39, 0.29) is 56.4 Å². The van der Waals surface area contributed by atoms with Crippen molar-refractivity contribution in [2.45, 2.75) is 19.0 Å². The van der Waals surface area contributed by atoms with Crippen LogP contribution in [0.15, 0.2) is 18.3 Å². The molecule has 2 N–H and O–H groups in total. The van der Waals surface area contributed by atoms with Crippen molar-refractivity contribution in [3.8, 4) is 0 Å². The number of alkyl halides is 2. The Bertz CT molecular complexity index is 1130. The minimum atomic E-state index is -3.22. The number of amides is 3. The van der Waals surface area contributed by atoms with Crippen LogP contribution in [0.4, 0.5) is 33.7 Å². The third-order valence-electron chi connectivity index (χ3n) is 5.98. The predicted octanol–water partition coefficient (Wildman–Crippen LogP) is 0.528. The van der Waals surface area contributed by atoms with Crippen LogP contribution in [0.25, 0.3) is 0 Å². The first kappa shape index (κ1) is 26.1. The quantitative estimate of drug-likeness (QED) is 0.499. The van der Waals surface area contributed by atoms with Gasteiger partial charge in [-0.05, 0) is 0 Å². The molecule has 37 heavy (non-hydrogen) atoms. The minimum absolute atomic E-state index is 0.0109. The average molecular weight is 528 g/mol. The van der Waals surface area contributed by atoms with E-state index in [0.29, 0.717) is 12.2 Å². The van der Waals surface area contributed by atoms with Gasteiger partial charge < -0.3 is 15.0 Å². The standard InChI is InChI=1S/C21H24F4N8O4/c1-30-2-3-31(4-5-33(30)17(34)6-12-9-27-29-28-12)18-15(22)7-13(8-16(18)23)32-11-14(37-21(32)36)10-26-20(35)19(24)25/h7-9,14,19H,2-6,10-11H2,1H3,(H,26,35)(H,27,28,29)/t14-/m0/s1. The van der Waals surface area contributed by atoms with Gasteiger partial charge in [-0.25, -0.2) is 18.6 Å². The van der Waals surface area contributed by atoms with Gasteiger partial charge in [-0.3, -0.25) is 19.5 Å². The molecule has 2 saturated heterocycles. The average Bonchev–Trinajstić information content (AvgIpc) is 3.44. The monoisotopic (exact) mass is 528 g/mol. The molecule has 200 valence electrons. The minimum Gasteiger partial charge on any atom is -0.442 e. The summed E-state index contributed by atoms with van der Waals surface area (Å²) in [5.74, 6) is -3.62. The zero-order chi connectivity index (χ0) is 26.7. The fourth-order valence-electron chi connectivity index (χ4n) is 4.12. The molecule has 1 aromatic heterocycles. The Labute approximate surface area is 208 Å². The first-order chi connectivity index (χ1) is 17.6. The molecule has 0 bridgehead atoms. The fraction of sp³-hybridized carbons (Fsp3) is 0.476. The molecule has 2 aliphatic rings. The predicted molar refractivity (Wildman–Crippen MR) is 120 cm³/mol. The molecule has 3 heterocycles. The summed E-state index contributed by atoms with van der Waals surface area (Å²) in [7, 11) is 1.69. The Kier molecular flexibility index (Phi) is 7.75. The lowest BCUT2D eigenvalue weighted by atomic mass is 10.2. The number of nitrogens with one attached hydrogen (secondary N) is 2. The lowest BCUT2D eigenvalue weighted by molar-refractivity contribution is -0.144. The topological polar surface area (TPSA) is 127 Å². The molecule has 2 fully saturated rings. The second-order valence-electron chi connectivity index (χ2n) is 8.44. The molecule has 0 saturated carbocycles. The van der Waals surface area contributed by atoms with Crippen LogP contribution >= 0.6 is 0 Å². The van der Waals surface area contributed by atoms with E-state index in [9.17, 15) is 23.2 Å². The maximum absolute atomic E-state index is 15.1. The number of aromatic amines is 1. The van der Waals surface area contributed by atoms with Crippen molar-refractivity contribution in [3.63, 3.8) is 0 Å². The normalized spacial score (nSPS) is 18.8. The molecule has 2 aromatic rings. The second kappa shape index (κ2) is 11.0. The van der Waals surface area contributed by atoms with E-state index in [1.807, 2.05) is 5.32 Å². The van der Waals surface area contributed by atoms with Gasteiger partial charge in [0.1, 0.15) is 11.8 Å². The largest absolute Gasteiger partial charge is 0.442 e. The van der Waals surface area contributed by atoms with Gasteiger partial charge in [-0.15, -0.1) is 0 Å². The molecule has 0 aliphatic carbocycles. The highest BCUT2D eigenvalue weighted by Gasteiger charge is 2.35. The van der Waals surface area contributed by atoms with Gasteiger partial charge in [0.2, 0.25) is 5.91 Å². The van der Waals surface area contributed by atoms with Crippen LogP contribution < -0.4 is 15.1 Å². The number of rotatable bonds is 7. The number of hydrogen-bond donors (Lipinski definition) is 2. The summed E-state index contributed by atoms with van der Waals surface area (Å²) in [6.07, 6.45) is -3.67. The van der Waals surface area contributed by atoms with E-state index in [4.69, 9.17) is 4.74 Å². The maximum Gasteiger partial charge on any atom is 0.414 e. The number of hydrogen-bond acceptors (Lipinski definition) is 8. The number of H-pyrrole nitrogens is 1. The zero-order valence-corrected chi connectivity index (χ0v) is 19.7. The number of halogens is 4. The van der Waals surface area contributed by atoms with E-state index in [0.717, 1.165) is 17.0 Å². The molecule has 2 aliphatic heterocycles. The van der Waals surface area contributed by atoms with Crippen LogP contribution in [-0.4, -0.2) is 102 Å². The molecular weight excluding hydrogens is 504 g/mol. The van der Waals surface area contributed by atoms with Gasteiger partial charge in [0.15, 0.2) is 11.6 Å². The third kappa shape index (κ3) is 5.90. The van der Waals surface area contributed by atoms with Gasteiger partial charge in [0.05, 0.1) is 43.6 Å². The lowest BCUT2D eigenvalue weighted by Gasteiger charge is -2.29. The number of hydrazine groups is 1. The molecule has 1 atom stereocenters. The van der Waals surface area contributed by atoms with Gasteiger partial charge >= 0.3 is 12.5 Å². The number of benzene rings is 1. The number of carbonyl (C=O) groups is 3. The van der Waals surface area contributed by atoms with Crippen molar-refractivity contribution in [2.75, 3.05) is 56.1 Å². The van der Waals surface area contributed by atoms with E-state index in [1.165, 1.54) is 16.1 Å². The van der Waals surface area contributed by atoms with Crippen LogP contribution in [0, 0.1) is 11.6 Å². The fourth-order valence-corrected chi connectivity index (χ4v) is 4.12. The molecule has 0 spiro atoms. The number of ether oxygens (including phenoxy) is 1. The lowest BCUT2D eigenvalue weighted by Crippen LogP contribution is -2.45. The molecule has 0 unspecified atom stereocenters. The van der Waals surface area contributed by atoms with Crippen molar-refractivity contribution in [3.05, 3.63) is 35.7 Å². The smallest absolute Gasteiger partial charge is 0.414 e. The summed E-state index contributed by atoms with van der Waals surface area (Å²) < 4.78 is 60.0. The molecule has 0 radical (unpaired) electrons. The summed E-state index contributed by atoms with van der Waals surface area (Å²) in [4.78, 5) is 38.4. The van der Waals surface area contributed by atoms with Gasteiger partial charge in [0.25, 0.3) is 5.91 Å². The van der Waals surface area contributed by atoms with E-state index >= 15 is 8.78 Å². The Balaban J connectivity index is 1.43. The highest BCUT2D eigenvalue weighted by atomic mass is 19.3. The number of cyclic esters (lactones) is 1. The van der Waals surface area contributed by atoms with E-state index < -0.39 is 36.2 Å². The first-order valence-corrected chi connectivity index (χ1v) is 11.3. The summed E-state index contributed by atoms with van der Waals surface area (Å²) in [6, 6.07) is 1.95. The van der Waals surface area contributed by atoms with Crippen LogP contribution in [0.2, 0.25) is 0 Å². The van der Waals surface area contributed by atoms with Crippen molar-refractivity contribution in [1.82, 2.24) is 30.7 Å². The van der Waals surface area contributed by atoms with Crippen LogP contribution in [0.5, 0.6) is 0 Å². The first-order valence-electron chi connectivity index (χ1n) is 11.3. The van der Waals surface area contributed by atoms with Crippen molar-refractivity contribution >= 4 is 29.3 Å².